The van der Waals surface area contributed by atoms with Crippen molar-refractivity contribution in [1.82, 2.24) is 10.6 Å². The van der Waals surface area contributed by atoms with Gasteiger partial charge in [0.15, 0.2) is 18.1 Å². The number of nitrogens with one attached hydrogen (secondary N) is 2. The summed E-state index contributed by atoms with van der Waals surface area (Å²) in [6.07, 6.45) is 2.81. The summed E-state index contributed by atoms with van der Waals surface area (Å²) in [6.45, 7) is 0.661. The summed E-state index contributed by atoms with van der Waals surface area (Å²) < 4.78 is 10.7. The van der Waals surface area contributed by atoms with Crippen LogP contribution in [0.1, 0.15) is 16.7 Å². The molecule has 0 radical (unpaired) electrons. The Bertz CT molecular complexity index is 1160. The van der Waals surface area contributed by atoms with Crippen LogP contribution in [-0.4, -0.2) is 38.6 Å². The first-order chi connectivity index (χ1) is 17.6. The molecule has 7 heteroatoms. The van der Waals surface area contributed by atoms with E-state index in [1.807, 2.05) is 66.7 Å². The molecule has 0 aliphatic rings. The van der Waals surface area contributed by atoms with E-state index in [0.717, 1.165) is 11.1 Å². The van der Waals surface area contributed by atoms with Crippen molar-refractivity contribution < 1.29 is 19.1 Å². The third kappa shape index (κ3) is 8.03. The van der Waals surface area contributed by atoms with E-state index in [0.29, 0.717) is 43.0 Å². The van der Waals surface area contributed by atoms with Crippen LogP contribution < -0.4 is 20.1 Å². The Kier molecular flexibility index (Phi) is 10.1. The van der Waals surface area contributed by atoms with E-state index >= 15 is 0 Å². The van der Waals surface area contributed by atoms with Crippen LogP contribution in [-0.2, 0) is 22.4 Å². The lowest BCUT2D eigenvalue weighted by Crippen LogP contribution is -2.36. The molecule has 7 nitrogen and oxygen atoms in total. The van der Waals surface area contributed by atoms with Gasteiger partial charge in [0.25, 0.3) is 11.8 Å². The molecule has 0 unspecified atom stereocenters. The van der Waals surface area contributed by atoms with Gasteiger partial charge in [-0.3, -0.25) is 9.59 Å². The van der Waals surface area contributed by atoms with Crippen LogP contribution in [0.5, 0.6) is 11.5 Å². The van der Waals surface area contributed by atoms with Crippen molar-refractivity contribution in [3.63, 3.8) is 0 Å². The second-order valence-electron chi connectivity index (χ2n) is 7.90. The Labute approximate surface area is 211 Å². The summed E-state index contributed by atoms with van der Waals surface area (Å²) in [5.74, 6) is -0.136. The van der Waals surface area contributed by atoms with Gasteiger partial charge in [-0.05, 0) is 47.7 Å². The number of ether oxygens (including phenoxy) is 2. The number of rotatable bonds is 12. The quantitative estimate of drug-likeness (QED) is 0.232. The van der Waals surface area contributed by atoms with E-state index in [1.54, 1.807) is 18.2 Å². The maximum atomic E-state index is 13.0. The van der Waals surface area contributed by atoms with Crippen molar-refractivity contribution in [2.24, 2.45) is 0 Å². The van der Waals surface area contributed by atoms with Gasteiger partial charge in [0.05, 0.1) is 7.11 Å². The lowest BCUT2D eigenvalue weighted by Gasteiger charge is -2.12. The fourth-order valence-corrected chi connectivity index (χ4v) is 3.52. The molecule has 0 saturated carbocycles. The highest BCUT2D eigenvalue weighted by atomic mass is 16.5. The van der Waals surface area contributed by atoms with Crippen LogP contribution in [0.3, 0.4) is 0 Å². The summed E-state index contributed by atoms with van der Waals surface area (Å²) in [5.41, 5.74) is 2.76. The van der Waals surface area contributed by atoms with E-state index in [1.165, 1.54) is 13.2 Å². The largest absolute Gasteiger partial charge is 0.493 e. The Morgan fingerprint density at radius 1 is 0.833 bits per heavy atom. The van der Waals surface area contributed by atoms with Crippen molar-refractivity contribution in [3.05, 3.63) is 101 Å². The van der Waals surface area contributed by atoms with Crippen molar-refractivity contribution in [2.45, 2.75) is 12.8 Å². The molecule has 0 aromatic heterocycles. The Balaban J connectivity index is 1.75. The van der Waals surface area contributed by atoms with E-state index < -0.39 is 11.8 Å². The van der Waals surface area contributed by atoms with E-state index in [4.69, 9.17) is 14.7 Å². The minimum absolute atomic E-state index is 0.0103. The number of methoxy groups -OCH3 is 1. The predicted molar refractivity (Wildman–Crippen MR) is 138 cm³/mol. The highest BCUT2D eigenvalue weighted by Gasteiger charge is 2.18. The molecule has 184 valence electrons. The van der Waals surface area contributed by atoms with Crippen LogP contribution in [0, 0.1) is 11.3 Å². The first-order valence-corrected chi connectivity index (χ1v) is 11.6. The first-order valence-electron chi connectivity index (χ1n) is 11.6. The lowest BCUT2D eigenvalue weighted by molar-refractivity contribution is -0.123. The molecule has 0 heterocycles. The molecule has 0 bridgehead atoms. The molecule has 0 aliphatic heterocycles. The van der Waals surface area contributed by atoms with Gasteiger partial charge in [-0.15, -0.1) is 0 Å². The standard InChI is InChI=1S/C29H29N3O4/c1-35-27-21-24(12-13-26(27)36-19-16-30)20-25(28(33)31-17-14-22-8-4-2-5-9-22)29(34)32-18-15-23-10-6-3-7-11-23/h2-13,20-21H,14-15,17-19H2,1H3,(H,31,33)(H,32,34). The SMILES string of the molecule is COc1cc(C=C(C(=O)NCCc2ccccc2)C(=O)NCCc2ccccc2)ccc1OCC#N. The number of nitrogens with zero attached hydrogens (tertiary/aromatic N) is 1. The maximum Gasteiger partial charge on any atom is 0.256 e. The second-order valence-corrected chi connectivity index (χ2v) is 7.90. The topological polar surface area (TPSA) is 100 Å². The molecule has 0 saturated heterocycles. The maximum absolute atomic E-state index is 13.0. The van der Waals surface area contributed by atoms with Gasteiger partial charge >= 0.3 is 0 Å². The van der Waals surface area contributed by atoms with Gasteiger partial charge in [-0.1, -0.05) is 66.7 Å². The summed E-state index contributed by atoms with van der Waals surface area (Å²) in [4.78, 5) is 26.1. The summed E-state index contributed by atoms with van der Waals surface area (Å²) in [7, 11) is 1.48. The Morgan fingerprint density at radius 2 is 1.39 bits per heavy atom. The molecule has 0 atom stereocenters. The zero-order valence-electron chi connectivity index (χ0n) is 20.2. The molecule has 0 aliphatic carbocycles. The number of nitriles is 1. The van der Waals surface area contributed by atoms with Crippen LogP contribution in [0.15, 0.2) is 84.4 Å². The smallest absolute Gasteiger partial charge is 0.256 e. The van der Waals surface area contributed by atoms with Gasteiger partial charge in [-0.25, -0.2) is 0 Å². The van der Waals surface area contributed by atoms with Crippen molar-refractivity contribution >= 4 is 17.9 Å². The highest BCUT2D eigenvalue weighted by Crippen LogP contribution is 2.29. The monoisotopic (exact) mass is 483 g/mol. The molecular formula is C29H29N3O4. The third-order valence-corrected chi connectivity index (χ3v) is 5.36. The second kappa shape index (κ2) is 14.0. The van der Waals surface area contributed by atoms with Crippen LogP contribution in [0.25, 0.3) is 6.08 Å². The summed E-state index contributed by atoms with van der Waals surface area (Å²) in [6, 6.07) is 26.5. The van der Waals surface area contributed by atoms with Gasteiger partial charge < -0.3 is 20.1 Å². The molecular weight excluding hydrogens is 454 g/mol. The molecule has 3 aromatic rings. The molecule has 36 heavy (non-hydrogen) atoms. The third-order valence-electron chi connectivity index (χ3n) is 5.36. The lowest BCUT2D eigenvalue weighted by atomic mass is 10.1. The molecule has 2 amide bonds. The van der Waals surface area contributed by atoms with Gasteiger partial charge in [0.2, 0.25) is 0 Å². The summed E-state index contributed by atoms with van der Waals surface area (Å²) in [5, 5.41) is 14.5. The van der Waals surface area contributed by atoms with Crippen molar-refractivity contribution in [2.75, 3.05) is 26.8 Å². The number of benzene rings is 3. The minimum atomic E-state index is -0.466. The minimum Gasteiger partial charge on any atom is -0.493 e. The zero-order chi connectivity index (χ0) is 25.6. The van der Waals surface area contributed by atoms with Crippen LogP contribution in [0.4, 0.5) is 0 Å². The van der Waals surface area contributed by atoms with Crippen molar-refractivity contribution in [3.8, 4) is 17.6 Å². The summed E-state index contributed by atoms with van der Waals surface area (Å²) >= 11 is 0. The molecule has 3 rings (SSSR count). The fraction of sp³-hybridized carbons (Fsp3) is 0.207. The fourth-order valence-electron chi connectivity index (χ4n) is 3.52. The van der Waals surface area contributed by atoms with Crippen LogP contribution in [0.2, 0.25) is 0 Å². The number of hydrogen-bond acceptors (Lipinski definition) is 5. The Morgan fingerprint density at radius 3 is 1.89 bits per heavy atom. The number of carbonyl (C=O) groups excluding carboxylic acids is 2. The normalized spacial score (nSPS) is 10.0. The van der Waals surface area contributed by atoms with Gasteiger partial charge in [0, 0.05) is 13.1 Å². The average molecular weight is 484 g/mol. The number of amides is 2. The molecule has 3 aromatic carbocycles. The average Bonchev–Trinajstić information content (AvgIpc) is 2.91. The molecule has 0 fully saturated rings. The zero-order valence-corrected chi connectivity index (χ0v) is 20.2. The molecule has 2 N–H and O–H groups in total. The van der Waals surface area contributed by atoms with Crippen molar-refractivity contribution in [1.29, 1.82) is 5.26 Å². The first kappa shape index (κ1) is 26.0. The van der Waals surface area contributed by atoms with Gasteiger partial charge in [-0.2, -0.15) is 5.26 Å². The van der Waals surface area contributed by atoms with Crippen LogP contribution >= 0.6 is 0 Å². The molecule has 0 spiro atoms. The van der Waals surface area contributed by atoms with Gasteiger partial charge in [0.1, 0.15) is 11.6 Å². The predicted octanol–water partition coefficient (Wildman–Crippen LogP) is 3.70. The number of hydrogen-bond donors (Lipinski definition) is 2. The van der Waals surface area contributed by atoms with E-state index in [9.17, 15) is 9.59 Å². The van der Waals surface area contributed by atoms with E-state index in [-0.39, 0.29) is 12.2 Å². The Hall–Kier alpha value is -4.57. The highest BCUT2D eigenvalue weighted by molar-refractivity contribution is 6.21. The van der Waals surface area contributed by atoms with E-state index in [2.05, 4.69) is 10.6 Å². The number of carbonyl (C=O) groups is 2.